The lowest BCUT2D eigenvalue weighted by Gasteiger charge is -2.12. The highest BCUT2D eigenvalue weighted by molar-refractivity contribution is 6.07. The van der Waals surface area contributed by atoms with Crippen LogP contribution in [0.15, 0.2) is 114 Å². The molecule has 0 aliphatic heterocycles. The molecule has 1 aliphatic rings. The van der Waals surface area contributed by atoms with Crippen LogP contribution in [0.5, 0.6) is 5.75 Å². The summed E-state index contributed by atoms with van der Waals surface area (Å²) in [5, 5.41) is 28.0. The zero-order chi connectivity index (χ0) is 30.2. The van der Waals surface area contributed by atoms with E-state index in [0.717, 1.165) is 0 Å². The summed E-state index contributed by atoms with van der Waals surface area (Å²) in [7, 11) is 0. The zero-order valence-corrected chi connectivity index (χ0v) is 22.9. The number of aromatic nitrogens is 4. The number of phenolic OH excluding ortho intramolecular Hbond substituents is 1. The summed E-state index contributed by atoms with van der Waals surface area (Å²) in [4.78, 5) is 25.1. The van der Waals surface area contributed by atoms with Crippen LogP contribution in [-0.2, 0) is 9.47 Å². The second kappa shape index (κ2) is 13.0. The van der Waals surface area contributed by atoms with Gasteiger partial charge in [-0.3, -0.25) is 4.79 Å². The topological polar surface area (TPSA) is 140 Å². The Labute approximate surface area is 246 Å². The molecular weight excluding hydrogens is 548 g/mol. The molecule has 2 heterocycles. The van der Waals surface area contributed by atoms with Gasteiger partial charge in [0.25, 0.3) is 17.5 Å². The van der Waals surface area contributed by atoms with Crippen LogP contribution in [0.2, 0.25) is 0 Å². The summed E-state index contributed by atoms with van der Waals surface area (Å²) in [6, 6.07) is 10.4. The van der Waals surface area contributed by atoms with Gasteiger partial charge in [0.05, 0.1) is 43.6 Å². The number of ether oxygens (including phenoxy) is 2. The standard InChI is InChI=1S/C31H26N8O4/c1-4-42-15-12-20(2)43-19-21-10-11-23(16-21)36-30(41)25-17-22-8-5-6-9-24(22)27(28(25)40)37-38-29-26(32-3)18-35-39(29)31-33-13-7-14-34-31/h4-11,13-14,16-18,21,40H,1-2,12,15,19H2,(H,36,41). The number of fused-ring (bicyclic) bond motifs is 1. The lowest BCUT2D eigenvalue weighted by molar-refractivity contribution is 0.0964. The van der Waals surface area contributed by atoms with Crippen LogP contribution in [0.25, 0.3) is 21.6 Å². The molecule has 2 aromatic carbocycles. The first kappa shape index (κ1) is 28.4. The van der Waals surface area contributed by atoms with Crippen molar-refractivity contribution in [2.24, 2.45) is 16.1 Å². The fourth-order valence-corrected chi connectivity index (χ4v) is 4.24. The maximum Gasteiger partial charge on any atom is 0.259 e. The van der Waals surface area contributed by atoms with E-state index in [-0.39, 0.29) is 40.4 Å². The van der Waals surface area contributed by atoms with Crippen LogP contribution >= 0.6 is 0 Å². The number of aromatic hydroxyl groups is 1. The van der Waals surface area contributed by atoms with Gasteiger partial charge in [-0.25, -0.2) is 14.8 Å². The van der Waals surface area contributed by atoms with Crippen LogP contribution in [0, 0.1) is 12.5 Å². The SMILES string of the molecule is [C-]#[N+]c1cnn(-c2ncccn2)c1N=Nc1c(O)c(C(=O)NC2=CC(COC(=C)CCOC=C)C=C2)cc2ccccc12. The number of allylic oxidation sites excluding steroid dienone is 1. The minimum Gasteiger partial charge on any atom is -0.505 e. The molecular formula is C31H26N8O4. The smallest absolute Gasteiger partial charge is 0.259 e. The van der Waals surface area contributed by atoms with Crippen molar-refractivity contribution < 1.29 is 19.4 Å². The number of amides is 1. The Balaban J connectivity index is 1.39. The van der Waals surface area contributed by atoms with Crippen molar-refractivity contribution in [3.63, 3.8) is 0 Å². The highest BCUT2D eigenvalue weighted by atomic mass is 16.5. The first-order valence-corrected chi connectivity index (χ1v) is 13.1. The Kier molecular flexibility index (Phi) is 8.63. The molecule has 0 fully saturated rings. The molecule has 2 aromatic heterocycles. The van der Waals surface area contributed by atoms with Gasteiger partial charge >= 0.3 is 0 Å². The second-order valence-corrected chi connectivity index (χ2v) is 9.20. The van der Waals surface area contributed by atoms with Gasteiger partial charge in [-0.15, -0.1) is 10.2 Å². The molecule has 12 nitrogen and oxygen atoms in total. The Morgan fingerprint density at radius 3 is 2.84 bits per heavy atom. The minimum absolute atomic E-state index is 0.00236. The van der Waals surface area contributed by atoms with Gasteiger partial charge in [0.1, 0.15) is 5.69 Å². The van der Waals surface area contributed by atoms with E-state index in [1.807, 2.05) is 18.2 Å². The molecule has 0 spiro atoms. The van der Waals surface area contributed by atoms with E-state index in [1.165, 1.54) is 29.5 Å². The number of hydrogen-bond donors (Lipinski definition) is 2. The summed E-state index contributed by atoms with van der Waals surface area (Å²) < 4.78 is 12.1. The van der Waals surface area contributed by atoms with Crippen molar-refractivity contribution in [3.05, 3.63) is 121 Å². The van der Waals surface area contributed by atoms with Gasteiger partial charge < -0.3 is 19.9 Å². The molecule has 1 unspecified atom stereocenters. The van der Waals surface area contributed by atoms with Gasteiger partial charge in [-0.05, 0) is 23.6 Å². The van der Waals surface area contributed by atoms with Crippen molar-refractivity contribution in [2.75, 3.05) is 13.2 Å². The lowest BCUT2D eigenvalue weighted by atomic mass is 10.0. The van der Waals surface area contributed by atoms with Crippen molar-refractivity contribution in [3.8, 4) is 11.7 Å². The van der Waals surface area contributed by atoms with Crippen molar-refractivity contribution in [1.82, 2.24) is 25.1 Å². The van der Waals surface area contributed by atoms with E-state index < -0.39 is 5.91 Å². The third-order valence-electron chi connectivity index (χ3n) is 6.34. The van der Waals surface area contributed by atoms with E-state index in [9.17, 15) is 9.90 Å². The molecule has 0 saturated carbocycles. The molecule has 1 atom stereocenters. The van der Waals surface area contributed by atoms with E-state index in [1.54, 1.807) is 36.4 Å². The minimum atomic E-state index is -0.535. The Morgan fingerprint density at radius 1 is 1.23 bits per heavy atom. The quantitative estimate of drug-likeness (QED) is 0.0867. The highest BCUT2D eigenvalue weighted by Crippen LogP contribution is 2.40. The van der Waals surface area contributed by atoms with Gasteiger partial charge in [0.2, 0.25) is 0 Å². The largest absolute Gasteiger partial charge is 0.505 e. The number of phenols is 1. The Morgan fingerprint density at radius 2 is 2.05 bits per heavy atom. The summed E-state index contributed by atoms with van der Waals surface area (Å²) in [5.41, 5.74) is 0.731. The van der Waals surface area contributed by atoms with Crippen molar-refractivity contribution in [1.29, 1.82) is 0 Å². The molecule has 5 rings (SSSR count). The Bertz CT molecular complexity index is 1820. The lowest BCUT2D eigenvalue weighted by Crippen LogP contribution is -2.21. The molecule has 214 valence electrons. The van der Waals surface area contributed by atoms with Gasteiger partial charge in [0.15, 0.2) is 11.6 Å². The molecule has 4 aromatic rings. The summed E-state index contributed by atoms with van der Waals surface area (Å²) in [5.74, 6) is -0.116. The number of nitrogens with one attached hydrogen (secondary N) is 1. The van der Waals surface area contributed by atoms with Crippen LogP contribution in [-0.4, -0.2) is 44.0 Å². The molecule has 43 heavy (non-hydrogen) atoms. The van der Waals surface area contributed by atoms with E-state index in [4.69, 9.17) is 16.0 Å². The number of nitrogens with zero attached hydrogens (tertiary/aromatic N) is 7. The zero-order valence-electron chi connectivity index (χ0n) is 22.9. The van der Waals surface area contributed by atoms with Crippen LogP contribution < -0.4 is 5.32 Å². The van der Waals surface area contributed by atoms with Crippen molar-refractivity contribution >= 4 is 33.9 Å². The first-order valence-electron chi connectivity index (χ1n) is 13.1. The fourth-order valence-electron chi connectivity index (χ4n) is 4.24. The maximum atomic E-state index is 13.4. The molecule has 0 bridgehead atoms. The maximum absolute atomic E-state index is 13.4. The number of carbonyl (C=O) groups is 1. The molecule has 0 radical (unpaired) electrons. The van der Waals surface area contributed by atoms with Crippen molar-refractivity contribution in [2.45, 2.75) is 6.42 Å². The van der Waals surface area contributed by atoms with E-state index in [0.29, 0.717) is 41.9 Å². The first-order chi connectivity index (χ1) is 21.0. The number of rotatable bonds is 12. The van der Waals surface area contributed by atoms with Gasteiger partial charge in [-0.1, -0.05) is 49.6 Å². The normalized spacial score (nSPS) is 13.9. The average Bonchev–Trinajstić information content (AvgIpc) is 3.66. The van der Waals surface area contributed by atoms with E-state index >= 15 is 0 Å². The Hall–Kier alpha value is -6.09. The molecule has 1 amide bonds. The number of hydrogen-bond acceptors (Lipinski definition) is 9. The molecule has 0 saturated heterocycles. The van der Waals surface area contributed by atoms with Crippen LogP contribution in [0.3, 0.4) is 0 Å². The summed E-state index contributed by atoms with van der Waals surface area (Å²) in [6.07, 6.45) is 11.8. The predicted molar refractivity (Wildman–Crippen MR) is 159 cm³/mol. The number of benzene rings is 2. The fraction of sp³-hybridized carbons (Fsp3) is 0.129. The third kappa shape index (κ3) is 6.47. The van der Waals surface area contributed by atoms with Crippen LogP contribution in [0.1, 0.15) is 16.8 Å². The van der Waals surface area contributed by atoms with Crippen LogP contribution in [0.4, 0.5) is 17.2 Å². The molecule has 12 heteroatoms. The molecule has 2 N–H and O–H groups in total. The number of azo groups is 1. The summed E-state index contributed by atoms with van der Waals surface area (Å²) in [6.45, 7) is 15.7. The second-order valence-electron chi connectivity index (χ2n) is 9.20. The highest BCUT2D eigenvalue weighted by Gasteiger charge is 2.21. The van der Waals surface area contributed by atoms with Gasteiger partial charge in [-0.2, -0.15) is 9.78 Å². The summed E-state index contributed by atoms with van der Waals surface area (Å²) >= 11 is 0. The van der Waals surface area contributed by atoms with E-state index in [2.05, 4.69) is 48.6 Å². The monoisotopic (exact) mass is 574 g/mol. The van der Waals surface area contributed by atoms with Gasteiger partial charge in [0, 0.05) is 35.8 Å². The predicted octanol–water partition coefficient (Wildman–Crippen LogP) is 6.37. The molecule has 1 aliphatic carbocycles. The number of carbonyl (C=O) groups excluding carboxylic acids is 1. The third-order valence-corrected chi connectivity index (χ3v) is 6.34. The average molecular weight is 575 g/mol.